The first kappa shape index (κ1) is 16.4. The van der Waals surface area contributed by atoms with E-state index in [1.165, 1.54) is 12.1 Å². The lowest BCUT2D eigenvalue weighted by molar-refractivity contribution is 0.0268. The van der Waals surface area contributed by atoms with E-state index in [0.717, 1.165) is 18.1 Å². The van der Waals surface area contributed by atoms with E-state index in [0.29, 0.717) is 13.1 Å². The molecule has 1 aromatic rings. The molecule has 0 saturated heterocycles. The van der Waals surface area contributed by atoms with Crippen molar-refractivity contribution in [1.82, 2.24) is 10.6 Å². The van der Waals surface area contributed by atoms with E-state index in [2.05, 4.69) is 15.6 Å². The summed E-state index contributed by atoms with van der Waals surface area (Å²) in [6.07, 6.45) is 0. The highest BCUT2D eigenvalue weighted by molar-refractivity contribution is 5.79. The summed E-state index contributed by atoms with van der Waals surface area (Å²) in [4.78, 5) is 4.47. The Morgan fingerprint density at radius 1 is 1.25 bits per heavy atom. The van der Waals surface area contributed by atoms with Crippen LogP contribution in [0, 0.1) is 5.82 Å². The Morgan fingerprint density at radius 2 is 1.90 bits per heavy atom. The van der Waals surface area contributed by atoms with E-state index in [9.17, 15) is 4.39 Å². The summed E-state index contributed by atoms with van der Waals surface area (Å²) < 4.78 is 18.2. The first-order valence-corrected chi connectivity index (χ1v) is 6.78. The molecule has 5 heteroatoms. The average molecular weight is 281 g/mol. The van der Waals surface area contributed by atoms with Gasteiger partial charge in [0.25, 0.3) is 0 Å². The molecule has 0 atom stereocenters. The molecule has 1 aromatic carbocycles. The van der Waals surface area contributed by atoms with Crippen LogP contribution in [-0.2, 0) is 11.3 Å². The molecule has 20 heavy (non-hydrogen) atoms. The fourth-order valence-corrected chi connectivity index (χ4v) is 1.47. The number of nitrogens with zero attached hydrogens (tertiary/aromatic N) is 1. The van der Waals surface area contributed by atoms with Gasteiger partial charge in [-0.3, -0.25) is 0 Å². The van der Waals surface area contributed by atoms with Crippen molar-refractivity contribution in [2.45, 2.75) is 32.9 Å². The lowest BCUT2D eigenvalue weighted by Gasteiger charge is -2.24. The van der Waals surface area contributed by atoms with Gasteiger partial charge in [-0.1, -0.05) is 12.1 Å². The highest BCUT2D eigenvalue weighted by Crippen LogP contribution is 2.05. The molecular formula is C15H24FN3O. The summed E-state index contributed by atoms with van der Waals surface area (Å²) in [7, 11) is 1.68. The zero-order valence-electron chi connectivity index (χ0n) is 12.7. The van der Waals surface area contributed by atoms with Gasteiger partial charge in [-0.25, -0.2) is 9.38 Å². The molecule has 0 aliphatic carbocycles. The van der Waals surface area contributed by atoms with Crippen LogP contribution >= 0.6 is 0 Å². The first-order valence-electron chi connectivity index (χ1n) is 6.78. The summed E-state index contributed by atoms with van der Waals surface area (Å²) in [6, 6.07) is 6.36. The van der Waals surface area contributed by atoms with E-state index in [1.54, 1.807) is 19.2 Å². The smallest absolute Gasteiger partial charge is 0.191 e. The number of methoxy groups -OCH3 is 1. The lowest BCUT2D eigenvalue weighted by Crippen LogP contribution is -2.45. The third-order valence-electron chi connectivity index (χ3n) is 2.91. The molecule has 0 heterocycles. The normalized spacial score (nSPS) is 12.3. The van der Waals surface area contributed by atoms with Gasteiger partial charge in [-0.05, 0) is 38.5 Å². The van der Waals surface area contributed by atoms with Crippen LogP contribution in [0.5, 0.6) is 0 Å². The Kier molecular flexibility index (Phi) is 6.45. The van der Waals surface area contributed by atoms with Crippen molar-refractivity contribution in [3.05, 3.63) is 35.6 Å². The number of guanidine groups is 1. The average Bonchev–Trinajstić information content (AvgIpc) is 2.44. The highest BCUT2D eigenvalue weighted by Gasteiger charge is 2.16. The minimum Gasteiger partial charge on any atom is -0.377 e. The number of benzene rings is 1. The van der Waals surface area contributed by atoms with Gasteiger partial charge in [-0.2, -0.15) is 0 Å². The Labute approximate surface area is 120 Å². The van der Waals surface area contributed by atoms with Crippen LogP contribution in [0.1, 0.15) is 26.3 Å². The van der Waals surface area contributed by atoms with Crippen molar-refractivity contribution in [2.75, 3.05) is 20.2 Å². The maximum atomic E-state index is 12.8. The van der Waals surface area contributed by atoms with Crippen molar-refractivity contribution in [2.24, 2.45) is 4.99 Å². The zero-order chi connectivity index (χ0) is 15.0. The Morgan fingerprint density at radius 3 is 2.45 bits per heavy atom. The number of aliphatic imine (C=N–C) groups is 1. The quantitative estimate of drug-likeness (QED) is 0.621. The van der Waals surface area contributed by atoms with Crippen molar-refractivity contribution in [3.8, 4) is 0 Å². The van der Waals surface area contributed by atoms with Crippen molar-refractivity contribution in [1.29, 1.82) is 0 Å². The number of halogens is 1. The molecular weight excluding hydrogens is 257 g/mol. The lowest BCUT2D eigenvalue weighted by atomic mass is 10.1. The molecule has 0 aliphatic rings. The number of hydrogen-bond donors (Lipinski definition) is 2. The molecule has 1 rings (SSSR count). The SMILES string of the molecule is CCNC(=NCc1ccc(F)cc1)NCC(C)(C)OC. The maximum Gasteiger partial charge on any atom is 0.191 e. The zero-order valence-corrected chi connectivity index (χ0v) is 12.7. The van der Waals surface area contributed by atoms with Gasteiger partial charge in [0, 0.05) is 20.2 Å². The molecule has 2 N–H and O–H groups in total. The molecule has 0 amide bonds. The van der Waals surface area contributed by atoms with E-state index in [1.807, 2.05) is 20.8 Å². The standard InChI is InChI=1S/C15H24FN3O/c1-5-17-14(19-11-15(2,3)20-4)18-10-12-6-8-13(16)9-7-12/h6-9H,5,10-11H2,1-4H3,(H2,17,18,19). The second-order valence-electron chi connectivity index (χ2n) is 5.14. The van der Waals surface area contributed by atoms with Gasteiger partial charge in [-0.15, -0.1) is 0 Å². The minimum absolute atomic E-state index is 0.232. The van der Waals surface area contributed by atoms with E-state index >= 15 is 0 Å². The van der Waals surface area contributed by atoms with Crippen LogP contribution in [0.25, 0.3) is 0 Å². The number of nitrogens with one attached hydrogen (secondary N) is 2. The number of ether oxygens (including phenoxy) is 1. The topological polar surface area (TPSA) is 45.7 Å². The summed E-state index contributed by atoms with van der Waals surface area (Å²) in [5.41, 5.74) is 0.709. The minimum atomic E-state index is -0.258. The second kappa shape index (κ2) is 7.85. The highest BCUT2D eigenvalue weighted by atomic mass is 19.1. The molecule has 0 radical (unpaired) electrons. The molecule has 0 fully saturated rings. The molecule has 0 unspecified atom stereocenters. The summed E-state index contributed by atoms with van der Waals surface area (Å²) in [5.74, 6) is 0.492. The third-order valence-corrected chi connectivity index (χ3v) is 2.91. The van der Waals surface area contributed by atoms with Gasteiger partial charge < -0.3 is 15.4 Å². The van der Waals surface area contributed by atoms with Gasteiger partial charge >= 0.3 is 0 Å². The largest absolute Gasteiger partial charge is 0.377 e. The maximum absolute atomic E-state index is 12.8. The van der Waals surface area contributed by atoms with Crippen LogP contribution in [-0.4, -0.2) is 31.8 Å². The Bertz CT molecular complexity index is 429. The summed E-state index contributed by atoms with van der Waals surface area (Å²) >= 11 is 0. The summed E-state index contributed by atoms with van der Waals surface area (Å²) in [6.45, 7) is 7.95. The third kappa shape index (κ3) is 6.02. The summed E-state index contributed by atoms with van der Waals surface area (Å²) in [5, 5.41) is 6.40. The van der Waals surface area contributed by atoms with Crippen molar-refractivity contribution < 1.29 is 9.13 Å². The van der Waals surface area contributed by atoms with Crippen molar-refractivity contribution in [3.63, 3.8) is 0 Å². The predicted molar refractivity (Wildman–Crippen MR) is 80.3 cm³/mol. The van der Waals surface area contributed by atoms with E-state index in [-0.39, 0.29) is 11.4 Å². The van der Waals surface area contributed by atoms with Crippen molar-refractivity contribution >= 4 is 5.96 Å². The fourth-order valence-electron chi connectivity index (χ4n) is 1.47. The van der Waals surface area contributed by atoms with Crippen LogP contribution in [0.3, 0.4) is 0 Å². The van der Waals surface area contributed by atoms with Gasteiger partial charge in [0.1, 0.15) is 5.82 Å². The molecule has 0 spiro atoms. The number of hydrogen-bond acceptors (Lipinski definition) is 2. The molecule has 0 saturated carbocycles. The van der Waals surface area contributed by atoms with Gasteiger partial charge in [0.05, 0.1) is 12.1 Å². The van der Waals surface area contributed by atoms with Crippen LogP contribution < -0.4 is 10.6 Å². The monoisotopic (exact) mass is 281 g/mol. The second-order valence-corrected chi connectivity index (χ2v) is 5.14. The fraction of sp³-hybridized carbons (Fsp3) is 0.533. The molecule has 0 bridgehead atoms. The molecule has 112 valence electrons. The Hall–Kier alpha value is -1.62. The number of rotatable bonds is 6. The molecule has 0 aliphatic heterocycles. The molecule has 0 aromatic heterocycles. The van der Waals surface area contributed by atoms with Crippen LogP contribution in [0.2, 0.25) is 0 Å². The van der Waals surface area contributed by atoms with Crippen LogP contribution in [0.15, 0.2) is 29.3 Å². The molecule has 4 nitrogen and oxygen atoms in total. The first-order chi connectivity index (χ1) is 9.46. The van der Waals surface area contributed by atoms with E-state index in [4.69, 9.17) is 4.74 Å². The van der Waals surface area contributed by atoms with Crippen LogP contribution in [0.4, 0.5) is 4.39 Å². The van der Waals surface area contributed by atoms with E-state index < -0.39 is 0 Å². The predicted octanol–water partition coefficient (Wildman–Crippen LogP) is 2.31. The Balaban J connectivity index is 2.60. The van der Waals surface area contributed by atoms with Gasteiger partial charge in [0.2, 0.25) is 0 Å². The van der Waals surface area contributed by atoms with Gasteiger partial charge in [0.15, 0.2) is 5.96 Å².